The molecule has 3 heteroatoms. The lowest BCUT2D eigenvalue weighted by molar-refractivity contribution is 0.115. The summed E-state index contributed by atoms with van der Waals surface area (Å²) in [6.45, 7) is 4.08. The maximum absolute atomic E-state index is 5.48. The summed E-state index contributed by atoms with van der Waals surface area (Å²) in [7, 11) is 0. The molecule has 17 heavy (non-hydrogen) atoms. The zero-order chi connectivity index (χ0) is 11.9. The van der Waals surface area contributed by atoms with Gasteiger partial charge in [-0.1, -0.05) is 18.2 Å². The SMILES string of the molecule is Cc1ccccc1NCCOCc1ccco1. The molecule has 0 bridgehead atoms. The molecule has 1 aromatic heterocycles. The number of rotatable bonds is 6. The van der Waals surface area contributed by atoms with E-state index in [4.69, 9.17) is 9.15 Å². The first kappa shape index (κ1) is 11.7. The van der Waals surface area contributed by atoms with Gasteiger partial charge in [0, 0.05) is 12.2 Å². The molecule has 1 aromatic carbocycles. The molecule has 0 aliphatic rings. The Morgan fingerprint density at radius 2 is 2.06 bits per heavy atom. The van der Waals surface area contributed by atoms with E-state index >= 15 is 0 Å². The number of furan rings is 1. The van der Waals surface area contributed by atoms with Crippen LogP contribution in [0, 0.1) is 6.92 Å². The molecular formula is C14H17NO2. The third-order valence-electron chi connectivity index (χ3n) is 2.53. The minimum absolute atomic E-state index is 0.530. The molecule has 0 fully saturated rings. The van der Waals surface area contributed by atoms with E-state index in [9.17, 15) is 0 Å². The molecular weight excluding hydrogens is 214 g/mol. The third-order valence-corrected chi connectivity index (χ3v) is 2.53. The average Bonchev–Trinajstić information content (AvgIpc) is 2.84. The maximum atomic E-state index is 5.48. The van der Waals surface area contributed by atoms with Gasteiger partial charge in [0.15, 0.2) is 0 Å². The smallest absolute Gasteiger partial charge is 0.129 e. The summed E-state index contributed by atoms with van der Waals surface area (Å²) in [5, 5.41) is 3.34. The predicted molar refractivity (Wildman–Crippen MR) is 68.0 cm³/mol. The van der Waals surface area contributed by atoms with Crippen molar-refractivity contribution >= 4 is 5.69 Å². The number of hydrogen-bond donors (Lipinski definition) is 1. The fourth-order valence-electron chi connectivity index (χ4n) is 1.60. The van der Waals surface area contributed by atoms with Crippen molar-refractivity contribution in [3.63, 3.8) is 0 Å². The molecule has 0 saturated carbocycles. The van der Waals surface area contributed by atoms with E-state index in [-0.39, 0.29) is 0 Å². The van der Waals surface area contributed by atoms with Crippen LogP contribution in [0.1, 0.15) is 11.3 Å². The molecule has 1 N–H and O–H groups in total. The normalized spacial score (nSPS) is 10.4. The zero-order valence-electron chi connectivity index (χ0n) is 9.98. The van der Waals surface area contributed by atoms with Gasteiger partial charge >= 0.3 is 0 Å². The van der Waals surface area contributed by atoms with Crippen molar-refractivity contribution in [2.24, 2.45) is 0 Å². The van der Waals surface area contributed by atoms with Crippen molar-refractivity contribution < 1.29 is 9.15 Å². The van der Waals surface area contributed by atoms with Crippen molar-refractivity contribution in [2.75, 3.05) is 18.5 Å². The highest BCUT2D eigenvalue weighted by atomic mass is 16.5. The lowest BCUT2D eigenvalue weighted by atomic mass is 10.2. The van der Waals surface area contributed by atoms with Crippen LogP contribution < -0.4 is 5.32 Å². The molecule has 0 amide bonds. The van der Waals surface area contributed by atoms with Crippen molar-refractivity contribution in [3.05, 3.63) is 54.0 Å². The Morgan fingerprint density at radius 3 is 2.82 bits per heavy atom. The molecule has 0 aliphatic heterocycles. The molecule has 2 aromatic rings. The largest absolute Gasteiger partial charge is 0.467 e. The summed E-state index contributed by atoms with van der Waals surface area (Å²) in [5.74, 6) is 0.862. The van der Waals surface area contributed by atoms with Gasteiger partial charge in [-0.05, 0) is 30.7 Å². The van der Waals surface area contributed by atoms with Gasteiger partial charge < -0.3 is 14.5 Å². The minimum atomic E-state index is 0.530. The summed E-state index contributed by atoms with van der Waals surface area (Å²) < 4.78 is 10.7. The van der Waals surface area contributed by atoms with Gasteiger partial charge in [-0.2, -0.15) is 0 Å². The number of para-hydroxylation sites is 1. The fraction of sp³-hybridized carbons (Fsp3) is 0.286. The van der Waals surface area contributed by atoms with Crippen LogP contribution in [0.25, 0.3) is 0 Å². The predicted octanol–water partition coefficient (Wildman–Crippen LogP) is 3.22. The Bertz CT molecular complexity index is 437. The quantitative estimate of drug-likeness (QED) is 0.775. The average molecular weight is 231 g/mol. The Kier molecular flexibility index (Phi) is 4.22. The van der Waals surface area contributed by atoms with Crippen LogP contribution >= 0.6 is 0 Å². The summed E-state index contributed by atoms with van der Waals surface area (Å²) in [4.78, 5) is 0. The van der Waals surface area contributed by atoms with Crippen molar-refractivity contribution in [2.45, 2.75) is 13.5 Å². The molecule has 0 unspecified atom stereocenters. The number of hydrogen-bond acceptors (Lipinski definition) is 3. The van der Waals surface area contributed by atoms with Gasteiger partial charge in [0.2, 0.25) is 0 Å². The minimum Gasteiger partial charge on any atom is -0.467 e. The molecule has 0 spiro atoms. The van der Waals surface area contributed by atoms with E-state index in [0.717, 1.165) is 18.0 Å². The number of benzene rings is 1. The summed E-state index contributed by atoms with van der Waals surface area (Å²) in [6.07, 6.45) is 1.66. The van der Waals surface area contributed by atoms with Crippen LogP contribution in [0.5, 0.6) is 0 Å². The van der Waals surface area contributed by atoms with Crippen molar-refractivity contribution in [3.8, 4) is 0 Å². The van der Waals surface area contributed by atoms with Gasteiger partial charge in [-0.3, -0.25) is 0 Å². The third kappa shape index (κ3) is 3.64. The van der Waals surface area contributed by atoms with Crippen LogP contribution in [-0.2, 0) is 11.3 Å². The van der Waals surface area contributed by atoms with Gasteiger partial charge in [0.05, 0.1) is 12.9 Å². The monoisotopic (exact) mass is 231 g/mol. The van der Waals surface area contributed by atoms with Gasteiger partial charge in [0.25, 0.3) is 0 Å². The van der Waals surface area contributed by atoms with Crippen LogP contribution in [-0.4, -0.2) is 13.2 Å². The Labute approximate surface area is 101 Å². The van der Waals surface area contributed by atoms with Crippen LogP contribution in [0.3, 0.4) is 0 Å². The molecule has 0 saturated heterocycles. The first-order chi connectivity index (χ1) is 8.36. The number of nitrogens with one attached hydrogen (secondary N) is 1. The van der Waals surface area contributed by atoms with E-state index < -0.39 is 0 Å². The van der Waals surface area contributed by atoms with Crippen molar-refractivity contribution in [1.82, 2.24) is 0 Å². The van der Waals surface area contributed by atoms with E-state index in [1.165, 1.54) is 5.56 Å². The van der Waals surface area contributed by atoms with Gasteiger partial charge in [-0.25, -0.2) is 0 Å². The highest BCUT2D eigenvalue weighted by Gasteiger charge is 1.97. The molecule has 2 rings (SSSR count). The summed E-state index contributed by atoms with van der Waals surface area (Å²) in [6, 6.07) is 12.0. The second-order valence-electron chi connectivity index (χ2n) is 3.87. The van der Waals surface area contributed by atoms with Crippen LogP contribution in [0.2, 0.25) is 0 Å². The standard InChI is InChI=1S/C14H17NO2/c1-12-5-2-3-7-14(12)15-8-10-16-11-13-6-4-9-17-13/h2-7,9,15H,8,10-11H2,1H3. The topological polar surface area (TPSA) is 34.4 Å². The second kappa shape index (κ2) is 6.11. The van der Waals surface area contributed by atoms with E-state index in [1.807, 2.05) is 24.3 Å². The Morgan fingerprint density at radius 1 is 1.18 bits per heavy atom. The van der Waals surface area contributed by atoms with Crippen LogP contribution in [0.4, 0.5) is 5.69 Å². The molecule has 0 aliphatic carbocycles. The van der Waals surface area contributed by atoms with E-state index in [0.29, 0.717) is 13.2 Å². The fourth-order valence-corrected chi connectivity index (χ4v) is 1.60. The first-order valence-electron chi connectivity index (χ1n) is 5.76. The first-order valence-corrected chi connectivity index (χ1v) is 5.76. The van der Waals surface area contributed by atoms with E-state index in [2.05, 4.69) is 24.4 Å². The molecule has 1 heterocycles. The maximum Gasteiger partial charge on any atom is 0.129 e. The second-order valence-corrected chi connectivity index (χ2v) is 3.87. The van der Waals surface area contributed by atoms with Crippen LogP contribution in [0.15, 0.2) is 47.1 Å². The van der Waals surface area contributed by atoms with Gasteiger partial charge in [0.1, 0.15) is 12.4 Å². The zero-order valence-corrected chi connectivity index (χ0v) is 9.98. The Hall–Kier alpha value is -1.74. The molecule has 0 atom stereocenters. The Balaban J connectivity index is 1.65. The number of aryl methyl sites for hydroxylation is 1. The molecule has 90 valence electrons. The molecule has 0 radical (unpaired) electrons. The highest BCUT2D eigenvalue weighted by molar-refractivity contribution is 5.50. The lowest BCUT2D eigenvalue weighted by Gasteiger charge is -2.09. The highest BCUT2D eigenvalue weighted by Crippen LogP contribution is 2.12. The van der Waals surface area contributed by atoms with Crippen molar-refractivity contribution in [1.29, 1.82) is 0 Å². The number of ether oxygens (including phenoxy) is 1. The lowest BCUT2D eigenvalue weighted by Crippen LogP contribution is -2.09. The van der Waals surface area contributed by atoms with Gasteiger partial charge in [-0.15, -0.1) is 0 Å². The van der Waals surface area contributed by atoms with E-state index in [1.54, 1.807) is 6.26 Å². The summed E-state index contributed by atoms with van der Waals surface area (Å²) >= 11 is 0. The molecule has 3 nitrogen and oxygen atoms in total. The summed E-state index contributed by atoms with van der Waals surface area (Å²) in [5.41, 5.74) is 2.41. The number of anilines is 1.